The van der Waals surface area contributed by atoms with Crippen molar-refractivity contribution in [1.29, 1.82) is 0 Å². The molecule has 1 fully saturated rings. The van der Waals surface area contributed by atoms with Crippen LogP contribution in [-0.2, 0) is 19.3 Å². The summed E-state index contributed by atoms with van der Waals surface area (Å²) < 4.78 is 4.84. The number of rotatable bonds is 3. The quantitative estimate of drug-likeness (QED) is 0.361. The first-order valence-electron chi connectivity index (χ1n) is 4.02. The highest BCUT2D eigenvalue weighted by atomic mass is 17.2. The second-order valence-corrected chi connectivity index (χ2v) is 2.88. The molecule has 7 nitrogen and oxygen atoms in total. The van der Waals surface area contributed by atoms with Crippen LogP contribution in [0.15, 0.2) is 0 Å². The van der Waals surface area contributed by atoms with Gasteiger partial charge >= 0.3 is 5.97 Å². The second kappa shape index (κ2) is 4.67. The van der Waals surface area contributed by atoms with Gasteiger partial charge < -0.3 is 20.1 Å². The fraction of sp³-hybridized carbons (Fsp3) is 0.857. The Labute approximate surface area is 79.7 Å². The Balaban J connectivity index is 2.44. The summed E-state index contributed by atoms with van der Waals surface area (Å²) in [7, 11) is 0. The van der Waals surface area contributed by atoms with Crippen molar-refractivity contribution in [2.45, 2.75) is 31.5 Å². The van der Waals surface area contributed by atoms with Crippen molar-refractivity contribution >= 4 is 5.97 Å². The Hall–Kier alpha value is -0.730. The normalized spacial score (nSPS) is 37.1. The van der Waals surface area contributed by atoms with Crippen LogP contribution in [0.5, 0.6) is 0 Å². The molecule has 1 aliphatic heterocycles. The van der Waals surface area contributed by atoms with E-state index in [-0.39, 0.29) is 0 Å². The number of aliphatic hydroxyl groups is 3. The minimum absolute atomic E-state index is 0.460. The van der Waals surface area contributed by atoms with Gasteiger partial charge in [0.1, 0.15) is 18.3 Å². The molecule has 0 aromatic heterocycles. The van der Waals surface area contributed by atoms with Crippen molar-refractivity contribution in [2.24, 2.45) is 0 Å². The average molecular weight is 208 g/mol. The molecule has 0 aromatic carbocycles. The van der Waals surface area contributed by atoms with Crippen LogP contribution in [0.3, 0.4) is 0 Å². The number of hydrogen-bond acceptors (Lipinski definition) is 7. The zero-order valence-electron chi connectivity index (χ0n) is 7.49. The van der Waals surface area contributed by atoms with Crippen molar-refractivity contribution in [3.63, 3.8) is 0 Å². The van der Waals surface area contributed by atoms with E-state index < -0.39 is 37.2 Å². The topological polar surface area (TPSA) is 105 Å². The van der Waals surface area contributed by atoms with Gasteiger partial charge in [-0.15, -0.1) is 4.89 Å². The molecular formula is C7H12O7. The van der Waals surface area contributed by atoms with Gasteiger partial charge in [0.05, 0.1) is 6.61 Å². The number of ether oxygens (including phenoxy) is 1. The van der Waals surface area contributed by atoms with Crippen LogP contribution in [0.4, 0.5) is 0 Å². The highest BCUT2D eigenvalue weighted by molar-refractivity contribution is 5.65. The number of carbonyl (C=O) groups is 1. The van der Waals surface area contributed by atoms with Gasteiger partial charge in [-0.3, -0.25) is 4.89 Å². The molecule has 1 unspecified atom stereocenters. The zero-order chi connectivity index (χ0) is 10.7. The molecule has 7 heteroatoms. The fourth-order valence-corrected chi connectivity index (χ4v) is 1.06. The lowest BCUT2D eigenvalue weighted by atomic mass is 10.1. The average Bonchev–Trinajstić information content (AvgIpc) is 2.41. The monoisotopic (exact) mass is 208 g/mol. The van der Waals surface area contributed by atoms with Gasteiger partial charge in [-0.25, -0.2) is 4.79 Å². The third-order valence-corrected chi connectivity index (χ3v) is 1.76. The van der Waals surface area contributed by atoms with E-state index in [1.165, 1.54) is 0 Å². The van der Waals surface area contributed by atoms with Gasteiger partial charge in [0.15, 0.2) is 0 Å². The molecule has 0 amide bonds. The van der Waals surface area contributed by atoms with E-state index in [0.717, 1.165) is 6.92 Å². The largest absolute Gasteiger partial charge is 0.394 e. The minimum Gasteiger partial charge on any atom is -0.394 e. The molecule has 14 heavy (non-hydrogen) atoms. The first-order chi connectivity index (χ1) is 6.56. The molecular weight excluding hydrogens is 196 g/mol. The second-order valence-electron chi connectivity index (χ2n) is 2.88. The molecule has 0 spiro atoms. The van der Waals surface area contributed by atoms with Gasteiger partial charge in [-0.1, -0.05) is 0 Å². The SMILES string of the molecule is CC(=O)OOC1O[C@H](CO)[C@@H](O)[C@H]1O. The van der Waals surface area contributed by atoms with Crippen LogP contribution < -0.4 is 0 Å². The van der Waals surface area contributed by atoms with Crippen LogP contribution in [0, 0.1) is 0 Å². The third-order valence-electron chi connectivity index (χ3n) is 1.76. The van der Waals surface area contributed by atoms with Crippen molar-refractivity contribution < 1.29 is 34.6 Å². The van der Waals surface area contributed by atoms with Gasteiger partial charge in [0.2, 0.25) is 6.29 Å². The van der Waals surface area contributed by atoms with Gasteiger partial charge in [0.25, 0.3) is 0 Å². The van der Waals surface area contributed by atoms with Crippen LogP contribution in [0.2, 0.25) is 0 Å². The Morgan fingerprint density at radius 1 is 1.43 bits per heavy atom. The van der Waals surface area contributed by atoms with E-state index in [9.17, 15) is 15.0 Å². The Morgan fingerprint density at radius 2 is 2.07 bits per heavy atom. The van der Waals surface area contributed by atoms with E-state index in [1.807, 2.05) is 0 Å². The van der Waals surface area contributed by atoms with E-state index in [4.69, 9.17) is 9.84 Å². The first kappa shape index (κ1) is 11.3. The summed E-state index contributed by atoms with van der Waals surface area (Å²) in [6.45, 7) is 0.652. The lowest BCUT2D eigenvalue weighted by molar-refractivity contribution is -0.358. The van der Waals surface area contributed by atoms with Crippen molar-refractivity contribution in [2.75, 3.05) is 6.61 Å². The molecule has 1 aliphatic rings. The summed E-state index contributed by atoms with van der Waals surface area (Å²) in [5, 5.41) is 27.2. The molecule has 1 rings (SSSR count). The molecule has 0 saturated carbocycles. The fourth-order valence-electron chi connectivity index (χ4n) is 1.06. The molecule has 1 heterocycles. The zero-order valence-corrected chi connectivity index (χ0v) is 7.49. The van der Waals surface area contributed by atoms with Crippen molar-refractivity contribution in [1.82, 2.24) is 0 Å². The predicted octanol–water partition coefficient (Wildman–Crippen LogP) is -2.08. The van der Waals surface area contributed by atoms with Crippen LogP contribution in [0.1, 0.15) is 6.92 Å². The number of carbonyl (C=O) groups excluding carboxylic acids is 1. The summed E-state index contributed by atoms with van der Waals surface area (Å²) in [5.74, 6) is -0.706. The molecule has 0 aromatic rings. The predicted molar refractivity (Wildman–Crippen MR) is 40.6 cm³/mol. The Bertz CT molecular complexity index is 206. The molecule has 4 atom stereocenters. The van der Waals surface area contributed by atoms with Crippen LogP contribution >= 0.6 is 0 Å². The van der Waals surface area contributed by atoms with Crippen molar-refractivity contribution in [3.05, 3.63) is 0 Å². The summed E-state index contributed by atoms with van der Waals surface area (Å²) in [6, 6.07) is 0. The van der Waals surface area contributed by atoms with E-state index in [2.05, 4.69) is 9.78 Å². The Morgan fingerprint density at radius 3 is 2.50 bits per heavy atom. The van der Waals surface area contributed by atoms with E-state index >= 15 is 0 Å². The highest BCUT2D eigenvalue weighted by Crippen LogP contribution is 2.21. The smallest absolute Gasteiger partial charge is 0.339 e. The lowest BCUT2D eigenvalue weighted by Gasteiger charge is -2.12. The van der Waals surface area contributed by atoms with Gasteiger partial charge in [-0.05, 0) is 0 Å². The summed E-state index contributed by atoms with van der Waals surface area (Å²) >= 11 is 0. The maximum absolute atomic E-state index is 10.3. The third kappa shape index (κ3) is 2.40. The highest BCUT2D eigenvalue weighted by Gasteiger charge is 2.44. The summed E-state index contributed by atoms with van der Waals surface area (Å²) in [6.07, 6.45) is -4.83. The molecule has 82 valence electrons. The van der Waals surface area contributed by atoms with Gasteiger partial charge in [0, 0.05) is 6.92 Å². The van der Waals surface area contributed by atoms with E-state index in [0.29, 0.717) is 0 Å². The van der Waals surface area contributed by atoms with Gasteiger partial charge in [-0.2, -0.15) is 0 Å². The maximum Gasteiger partial charge on any atom is 0.339 e. The van der Waals surface area contributed by atoms with Crippen LogP contribution in [0.25, 0.3) is 0 Å². The molecule has 3 N–H and O–H groups in total. The van der Waals surface area contributed by atoms with Crippen LogP contribution in [-0.4, -0.2) is 52.5 Å². The number of hydrogen-bond donors (Lipinski definition) is 3. The van der Waals surface area contributed by atoms with Crippen molar-refractivity contribution in [3.8, 4) is 0 Å². The summed E-state index contributed by atoms with van der Waals surface area (Å²) in [5.41, 5.74) is 0. The number of aliphatic hydroxyl groups excluding tert-OH is 3. The summed E-state index contributed by atoms with van der Waals surface area (Å²) in [4.78, 5) is 18.9. The minimum atomic E-state index is -1.36. The first-order valence-corrected chi connectivity index (χ1v) is 4.02. The Kier molecular flexibility index (Phi) is 3.78. The molecule has 0 bridgehead atoms. The molecule has 0 aliphatic carbocycles. The maximum atomic E-state index is 10.3. The molecule has 0 radical (unpaired) electrons. The molecule has 1 saturated heterocycles. The lowest BCUT2D eigenvalue weighted by Crippen LogP contribution is -2.34. The standard InChI is InChI=1S/C7H12O7/c1-3(9)13-14-7-6(11)5(10)4(2-8)12-7/h4-8,10-11H,2H2,1H3/t4-,5-,6-,7?/m1/s1. The van der Waals surface area contributed by atoms with E-state index in [1.54, 1.807) is 0 Å².